The van der Waals surface area contributed by atoms with Gasteiger partial charge in [0.1, 0.15) is 11.5 Å². The fourth-order valence-electron chi connectivity index (χ4n) is 2.12. The van der Waals surface area contributed by atoms with E-state index in [9.17, 15) is 4.79 Å². The number of nitrogens with one attached hydrogen (secondary N) is 1. The summed E-state index contributed by atoms with van der Waals surface area (Å²) in [6, 6.07) is 1.84. The van der Waals surface area contributed by atoms with Gasteiger partial charge in [-0.2, -0.15) is 0 Å². The van der Waals surface area contributed by atoms with Gasteiger partial charge in [0.25, 0.3) is 5.91 Å². The predicted molar refractivity (Wildman–Crippen MR) is 68.8 cm³/mol. The first-order chi connectivity index (χ1) is 8.58. The van der Waals surface area contributed by atoms with Crippen LogP contribution in [-0.4, -0.2) is 25.2 Å². The summed E-state index contributed by atoms with van der Waals surface area (Å²) < 4.78 is 11.1. The molecule has 1 amide bonds. The number of amides is 1. The third-order valence-corrected chi connectivity index (χ3v) is 3.26. The first kappa shape index (κ1) is 13.1. The Balaban J connectivity index is 1.95. The van der Waals surface area contributed by atoms with E-state index in [2.05, 4.69) is 5.32 Å². The summed E-state index contributed by atoms with van der Waals surface area (Å²) in [5.74, 6) is 1.76. The maximum atomic E-state index is 12.0. The molecule has 1 aliphatic heterocycles. The average Bonchev–Trinajstić information content (AvgIpc) is 2.94. The van der Waals surface area contributed by atoms with Crippen molar-refractivity contribution in [1.29, 1.82) is 0 Å². The summed E-state index contributed by atoms with van der Waals surface area (Å²) in [5.41, 5.74) is 0.636. The molecule has 100 valence electrons. The van der Waals surface area contributed by atoms with Crippen molar-refractivity contribution >= 4 is 5.91 Å². The summed E-state index contributed by atoms with van der Waals surface area (Å²) in [7, 11) is 0. The van der Waals surface area contributed by atoms with Crippen LogP contribution >= 0.6 is 0 Å². The number of hydrogen-bond acceptors (Lipinski definition) is 3. The zero-order chi connectivity index (χ0) is 13.1. The molecular formula is C14H21NO3. The summed E-state index contributed by atoms with van der Waals surface area (Å²) in [4.78, 5) is 12.0. The summed E-state index contributed by atoms with van der Waals surface area (Å²) in [5, 5.41) is 2.91. The van der Waals surface area contributed by atoms with Crippen LogP contribution in [0.15, 0.2) is 10.5 Å². The third-order valence-electron chi connectivity index (χ3n) is 3.26. The topological polar surface area (TPSA) is 51.5 Å². The van der Waals surface area contributed by atoms with Crippen LogP contribution in [0.1, 0.15) is 54.5 Å². The Labute approximate surface area is 108 Å². The number of ether oxygens (including phenoxy) is 1. The van der Waals surface area contributed by atoms with Crippen LogP contribution in [-0.2, 0) is 4.74 Å². The monoisotopic (exact) mass is 251 g/mol. The molecule has 4 heteroatoms. The molecule has 0 saturated carbocycles. The van der Waals surface area contributed by atoms with Crippen molar-refractivity contribution in [3.05, 3.63) is 23.2 Å². The molecule has 1 atom stereocenters. The first-order valence-corrected chi connectivity index (χ1v) is 6.58. The van der Waals surface area contributed by atoms with Crippen molar-refractivity contribution in [3.63, 3.8) is 0 Å². The molecule has 0 aliphatic carbocycles. The average molecular weight is 251 g/mol. The minimum atomic E-state index is -0.0707. The largest absolute Gasteiger partial charge is 0.465 e. The lowest BCUT2D eigenvalue weighted by Gasteiger charge is -2.10. The molecule has 2 rings (SSSR count). The number of hydrogen-bond donors (Lipinski definition) is 1. The number of rotatable bonds is 4. The second kappa shape index (κ2) is 5.57. The van der Waals surface area contributed by atoms with E-state index in [1.54, 1.807) is 0 Å². The highest BCUT2D eigenvalue weighted by molar-refractivity contribution is 5.95. The van der Waals surface area contributed by atoms with Gasteiger partial charge in [0.15, 0.2) is 0 Å². The highest BCUT2D eigenvalue weighted by Gasteiger charge is 2.19. The zero-order valence-corrected chi connectivity index (χ0v) is 11.3. The third kappa shape index (κ3) is 2.93. The normalized spacial score (nSPS) is 19.4. The van der Waals surface area contributed by atoms with Crippen molar-refractivity contribution in [2.24, 2.45) is 0 Å². The fraction of sp³-hybridized carbons (Fsp3) is 0.643. The van der Waals surface area contributed by atoms with Crippen molar-refractivity contribution < 1.29 is 13.9 Å². The van der Waals surface area contributed by atoms with E-state index in [0.717, 1.165) is 25.2 Å². The fourth-order valence-corrected chi connectivity index (χ4v) is 2.12. The van der Waals surface area contributed by atoms with Crippen LogP contribution < -0.4 is 5.32 Å². The van der Waals surface area contributed by atoms with Gasteiger partial charge in [-0.1, -0.05) is 13.8 Å². The minimum Gasteiger partial charge on any atom is -0.465 e. The number of carbonyl (C=O) groups excluding carboxylic acids is 1. The van der Waals surface area contributed by atoms with E-state index in [1.807, 2.05) is 26.8 Å². The minimum absolute atomic E-state index is 0.0707. The van der Waals surface area contributed by atoms with Gasteiger partial charge in [0.2, 0.25) is 0 Å². The highest BCUT2D eigenvalue weighted by Crippen LogP contribution is 2.21. The van der Waals surface area contributed by atoms with Gasteiger partial charge in [-0.05, 0) is 25.8 Å². The Morgan fingerprint density at radius 1 is 1.56 bits per heavy atom. The van der Waals surface area contributed by atoms with Gasteiger partial charge < -0.3 is 14.5 Å². The molecule has 1 aliphatic rings. The number of furan rings is 1. The molecule has 18 heavy (non-hydrogen) atoms. The Kier molecular flexibility index (Phi) is 4.07. The standard InChI is InChI=1S/C14H21NO3/c1-9(2)13-7-12(10(3)18-13)14(16)15-8-11-5-4-6-17-11/h7,9,11H,4-6,8H2,1-3H3,(H,15,16). The second-order valence-electron chi connectivity index (χ2n) is 5.12. The summed E-state index contributed by atoms with van der Waals surface area (Å²) >= 11 is 0. The zero-order valence-electron chi connectivity index (χ0n) is 11.3. The summed E-state index contributed by atoms with van der Waals surface area (Å²) in [6.45, 7) is 7.31. The second-order valence-corrected chi connectivity index (χ2v) is 5.12. The lowest BCUT2D eigenvalue weighted by Crippen LogP contribution is -2.31. The smallest absolute Gasteiger partial charge is 0.254 e. The molecule has 1 saturated heterocycles. The molecule has 0 radical (unpaired) electrons. The molecule has 1 aromatic rings. The highest BCUT2D eigenvalue weighted by atomic mass is 16.5. The first-order valence-electron chi connectivity index (χ1n) is 6.58. The lowest BCUT2D eigenvalue weighted by molar-refractivity contribution is 0.0856. The molecule has 0 bridgehead atoms. The Morgan fingerprint density at radius 2 is 2.33 bits per heavy atom. The molecule has 0 spiro atoms. The Bertz CT molecular complexity index is 417. The number of aryl methyl sites for hydroxylation is 1. The molecule has 1 unspecified atom stereocenters. The van der Waals surface area contributed by atoms with E-state index in [0.29, 0.717) is 23.8 Å². The van der Waals surface area contributed by atoms with Gasteiger partial charge in [0, 0.05) is 19.1 Å². The molecule has 0 aromatic carbocycles. The quantitative estimate of drug-likeness (QED) is 0.895. The van der Waals surface area contributed by atoms with E-state index < -0.39 is 0 Å². The molecule has 1 fully saturated rings. The maximum Gasteiger partial charge on any atom is 0.254 e. The van der Waals surface area contributed by atoms with E-state index in [1.165, 1.54) is 0 Å². The number of carbonyl (C=O) groups is 1. The van der Waals surface area contributed by atoms with Crippen molar-refractivity contribution in [2.75, 3.05) is 13.2 Å². The SMILES string of the molecule is Cc1oc(C(C)C)cc1C(=O)NCC1CCCO1. The molecule has 1 aromatic heterocycles. The Morgan fingerprint density at radius 3 is 2.89 bits per heavy atom. The van der Waals surface area contributed by atoms with Gasteiger partial charge >= 0.3 is 0 Å². The van der Waals surface area contributed by atoms with Gasteiger partial charge in [-0.3, -0.25) is 4.79 Å². The lowest BCUT2D eigenvalue weighted by atomic mass is 10.1. The van der Waals surface area contributed by atoms with E-state index >= 15 is 0 Å². The van der Waals surface area contributed by atoms with Gasteiger partial charge in [-0.25, -0.2) is 0 Å². The predicted octanol–water partition coefficient (Wildman–Crippen LogP) is 2.62. The molecular weight excluding hydrogens is 230 g/mol. The van der Waals surface area contributed by atoms with Gasteiger partial charge in [0.05, 0.1) is 11.7 Å². The van der Waals surface area contributed by atoms with Crippen LogP contribution in [0.25, 0.3) is 0 Å². The summed E-state index contributed by atoms with van der Waals surface area (Å²) in [6.07, 6.45) is 2.29. The van der Waals surface area contributed by atoms with Crippen molar-refractivity contribution in [2.45, 2.75) is 45.6 Å². The van der Waals surface area contributed by atoms with Crippen LogP contribution in [0.2, 0.25) is 0 Å². The van der Waals surface area contributed by atoms with E-state index in [4.69, 9.17) is 9.15 Å². The van der Waals surface area contributed by atoms with E-state index in [-0.39, 0.29) is 12.0 Å². The van der Waals surface area contributed by atoms with Crippen molar-refractivity contribution in [3.8, 4) is 0 Å². The molecule has 1 N–H and O–H groups in total. The van der Waals surface area contributed by atoms with Crippen LogP contribution in [0.5, 0.6) is 0 Å². The van der Waals surface area contributed by atoms with Crippen LogP contribution in [0.4, 0.5) is 0 Å². The van der Waals surface area contributed by atoms with Crippen LogP contribution in [0.3, 0.4) is 0 Å². The molecule has 2 heterocycles. The Hall–Kier alpha value is -1.29. The van der Waals surface area contributed by atoms with Gasteiger partial charge in [-0.15, -0.1) is 0 Å². The maximum absolute atomic E-state index is 12.0. The molecule has 4 nitrogen and oxygen atoms in total. The van der Waals surface area contributed by atoms with Crippen LogP contribution in [0, 0.1) is 6.92 Å². The van der Waals surface area contributed by atoms with Crippen molar-refractivity contribution in [1.82, 2.24) is 5.32 Å².